The second-order valence-electron chi connectivity index (χ2n) is 8.47. The average molecular weight is 539 g/mol. The van der Waals surface area contributed by atoms with E-state index in [0.717, 1.165) is 6.42 Å². The van der Waals surface area contributed by atoms with Crippen molar-refractivity contribution in [2.75, 3.05) is 5.32 Å². The molecule has 12 heteroatoms. The van der Waals surface area contributed by atoms with Crippen molar-refractivity contribution in [3.63, 3.8) is 0 Å². The summed E-state index contributed by atoms with van der Waals surface area (Å²) in [6, 6.07) is 5.60. The van der Waals surface area contributed by atoms with Crippen LogP contribution in [0.15, 0.2) is 43.2 Å². The number of hydrogen-bond donors (Lipinski definition) is 1. The van der Waals surface area contributed by atoms with E-state index in [-0.39, 0.29) is 62.7 Å². The van der Waals surface area contributed by atoms with E-state index in [0.29, 0.717) is 18.2 Å². The lowest BCUT2D eigenvalue weighted by Crippen LogP contribution is -2.64. The maximum Gasteiger partial charge on any atom is 0.387 e. The van der Waals surface area contributed by atoms with Gasteiger partial charge in [0.2, 0.25) is 5.91 Å². The number of anilines is 2. The maximum atomic E-state index is 14.6. The lowest BCUT2D eigenvalue weighted by Gasteiger charge is -2.54. The van der Waals surface area contributed by atoms with Gasteiger partial charge in [0.05, 0.1) is 21.2 Å². The van der Waals surface area contributed by atoms with Crippen LogP contribution in [-0.4, -0.2) is 45.6 Å². The Bertz CT molecular complexity index is 1350. The summed E-state index contributed by atoms with van der Waals surface area (Å²) in [6.07, 6.45) is 4.08. The molecule has 1 saturated carbocycles. The molecule has 7 nitrogen and oxygen atoms in total. The lowest BCUT2D eigenvalue weighted by atomic mass is 9.78. The van der Waals surface area contributed by atoms with E-state index in [2.05, 4.69) is 21.9 Å². The number of rotatable bonds is 7. The van der Waals surface area contributed by atoms with Crippen LogP contribution in [0.2, 0.25) is 10.0 Å². The van der Waals surface area contributed by atoms with Crippen molar-refractivity contribution in [2.24, 2.45) is 0 Å². The third-order valence-electron chi connectivity index (χ3n) is 6.33. The van der Waals surface area contributed by atoms with Crippen molar-refractivity contribution in [3.05, 3.63) is 59.1 Å². The number of nitrogens with zero attached hydrogens (tertiary/aromatic N) is 3. The normalized spacial score (nSPS) is 20.7. The topological polar surface area (TPSA) is 76.6 Å². The summed E-state index contributed by atoms with van der Waals surface area (Å²) in [6.45, 7) is 0.445. The quantitative estimate of drug-likeness (QED) is 0.288. The summed E-state index contributed by atoms with van der Waals surface area (Å²) >= 11 is 11.8. The van der Waals surface area contributed by atoms with Gasteiger partial charge >= 0.3 is 6.61 Å². The molecule has 1 aliphatic carbocycles. The van der Waals surface area contributed by atoms with E-state index in [1.807, 2.05) is 0 Å². The number of amides is 1. The van der Waals surface area contributed by atoms with E-state index in [1.165, 1.54) is 36.7 Å². The monoisotopic (exact) mass is 538 g/mol. The summed E-state index contributed by atoms with van der Waals surface area (Å²) in [5, 5.41) is 3.02. The molecule has 188 valence electrons. The van der Waals surface area contributed by atoms with Crippen molar-refractivity contribution in [1.29, 1.82) is 0 Å². The summed E-state index contributed by atoms with van der Waals surface area (Å²) in [5.74, 6) is -0.848. The van der Waals surface area contributed by atoms with Gasteiger partial charge in [0.25, 0.3) is 0 Å². The highest BCUT2D eigenvalue weighted by Crippen LogP contribution is 2.43. The molecule has 2 aromatic carbocycles. The first-order chi connectivity index (χ1) is 17.2. The SMILES string of the molecule is C=CC(=O)N1[C@@H]2C[C@H](Oc3cc4c(Nc5ccc(Cl)c(Cl)c5F)ncnc4cc3OC(F)F)C[C@H]1C2. The predicted octanol–water partition coefficient (Wildman–Crippen LogP) is 6.12. The molecule has 1 amide bonds. The molecule has 1 N–H and O–H groups in total. The average Bonchev–Trinajstić information content (AvgIpc) is 2.84. The number of ether oxygens (including phenoxy) is 2. The van der Waals surface area contributed by atoms with Crippen LogP contribution in [0.1, 0.15) is 19.3 Å². The van der Waals surface area contributed by atoms with Crippen molar-refractivity contribution in [2.45, 2.75) is 44.1 Å². The number of alkyl halides is 2. The van der Waals surface area contributed by atoms with E-state index in [4.69, 9.17) is 32.7 Å². The molecule has 2 aliphatic heterocycles. The van der Waals surface area contributed by atoms with Gasteiger partial charge in [-0.25, -0.2) is 14.4 Å². The van der Waals surface area contributed by atoms with E-state index in [1.54, 1.807) is 4.90 Å². The standard InChI is InChI=1S/C24H19Cl2F3N4O3/c1-2-20(34)33-11-5-12(33)7-13(6-11)35-18-8-14-17(9-19(18)36-24(28)29)30-10-31-23(14)32-16-4-3-15(25)21(26)22(16)27/h2-4,8-13,24H,1,5-7H2,(H,30,31,32)/t11-,12+,13-. The number of carbonyl (C=O) groups is 1. The van der Waals surface area contributed by atoms with Gasteiger partial charge in [0, 0.05) is 36.4 Å². The van der Waals surface area contributed by atoms with Gasteiger partial charge in [-0.05, 0) is 30.7 Å². The summed E-state index contributed by atoms with van der Waals surface area (Å²) in [7, 11) is 0. The molecule has 0 spiro atoms. The van der Waals surface area contributed by atoms with Gasteiger partial charge in [0.1, 0.15) is 18.2 Å². The van der Waals surface area contributed by atoms with Gasteiger partial charge in [-0.1, -0.05) is 29.8 Å². The van der Waals surface area contributed by atoms with Gasteiger partial charge in [-0.3, -0.25) is 4.79 Å². The van der Waals surface area contributed by atoms with Crippen LogP contribution in [0.3, 0.4) is 0 Å². The minimum Gasteiger partial charge on any atom is -0.486 e. The van der Waals surface area contributed by atoms with Crippen LogP contribution >= 0.6 is 23.2 Å². The molecule has 2 saturated heterocycles. The maximum absolute atomic E-state index is 14.6. The minimum absolute atomic E-state index is 0.00244. The van der Waals surface area contributed by atoms with Crippen LogP contribution in [0.5, 0.6) is 11.5 Å². The number of aromatic nitrogens is 2. The van der Waals surface area contributed by atoms with Gasteiger partial charge < -0.3 is 19.7 Å². The highest BCUT2D eigenvalue weighted by molar-refractivity contribution is 6.42. The first-order valence-corrected chi connectivity index (χ1v) is 11.8. The molecular weight excluding hydrogens is 520 g/mol. The van der Waals surface area contributed by atoms with Crippen molar-refractivity contribution in [1.82, 2.24) is 14.9 Å². The number of fused-ring (bicyclic) bond motifs is 3. The van der Waals surface area contributed by atoms with Crippen LogP contribution in [0.4, 0.5) is 24.7 Å². The Kier molecular flexibility index (Phi) is 6.57. The van der Waals surface area contributed by atoms with Gasteiger partial charge in [0.15, 0.2) is 17.3 Å². The number of halogens is 5. The van der Waals surface area contributed by atoms with Crippen molar-refractivity contribution >= 4 is 51.5 Å². The molecule has 3 aliphatic rings. The fraction of sp³-hybridized carbons (Fsp3) is 0.292. The van der Waals surface area contributed by atoms with Crippen LogP contribution in [-0.2, 0) is 4.79 Å². The number of hydrogen-bond acceptors (Lipinski definition) is 6. The Balaban J connectivity index is 1.47. The number of carbonyl (C=O) groups excluding carboxylic acids is 1. The summed E-state index contributed by atoms with van der Waals surface area (Å²) < 4.78 is 51.8. The second-order valence-corrected chi connectivity index (χ2v) is 9.25. The molecule has 3 aromatic rings. The molecule has 6 rings (SSSR count). The van der Waals surface area contributed by atoms with Gasteiger partial charge in [-0.2, -0.15) is 8.78 Å². The first-order valence-electron chi connectivity index (χ1n) is 11.0. The Morgan fingerprint density at radius 1 is 1.17 bits per heavy atom. The van der Waals surface area contributed by atoms with Crippen LogP contribution < -0.4 is 14.8 Å². The lowest BCUT2D eigenvalue weighted by molar-refractivity contribution is -0.148. The molecule has 3 fully saturated rings. The number of nitrogens with one attached hydrogen (secondary N) is 1. The molecule has 3 atom stereocenters. The fourth-order valence-corrected chi connectivity index (χ4v) is 5.07. The number of piperidine rings is 1. The minimum atomic E-state index is -3.09. The molecule has 2 bridgehead atoms. The highest BCUT2D eigenvalue weighted by atomic mass is 35.5. The van der Waals surface area contributed by atoms with E-state index < -0.39 is 12.4 Å². The summed E-state index contributed by atoms with van der Waals surface area (Å²) in [5.41, 5.74) is 0.282. The molecule has 3 heterocycles. The van der Waals surface area contributed by atoms with Crippen LogP contribution in [0, 0.1) is 5.82 Å². The van der Waals surface area contributed by atoms with Gasteiger partial charge in [-0.15, -0.1) is 0 Å². The highest BCUT2D eigenvalue weighted by Gasteiger charge is 2.48. The molecule has 0 unspecified atom stereocenters. The van der Waals surface area contributed by atoms with E-state index >= 15 is 0 Å². The third-order valence-corrected chi connectivity index (χ3v) is 7.11. The van der Waals surface area contributed by atoms with Crippen LogP contribution in [0.25, 0.3) is 10.9 Å². The zero-order chi connectivity index (χ0) is 25.6. The third kappa shape index (κ3) is 4.51. The Hall–Kier alpha value is -3.24. The molecular formula is C24H19Cl2F3N4O3. The van der Waals surface area contributed by atoms with E-state index in [9.17, 15) is 18.0 Å². The first kappa shape index (κ1) is 24.5. The molecule has 36 heavy (non-hydrogen) atoms. The smallest absolute Gasteiger partial charge is 0.387 e. The molecule has 1 aromatic heterocycles. The van der Waals surface area contributed by atoms with Crippen molar-refractivity contribution < 1.29 is 27.4 Å². The molecule has 0 radical (unpaired) electrons. The fourth-order valence-electron chi connectivity index (χ4n) is 4.76. The Labute approximate surface area is 213 Å². The Morgan fingerprint density at radius 3 is 2.61 bits per heavy atom. The second kappa shape index (κ2) is 9.67. The zero-order valence-electron chi connectivity index (χ0n) is 18.6. The Morgan fingerprint density at radius 2 is 1.92 bits per heavy atom. The van der Waals surface area contributed by atoms with Crippen molar-refractivity contribution in [3.8, 4) is 11.5 Å². The zero-order valence-corrected chi connectivity index (χ0v) is 20.1. The largest absolute Gasteiger partial charge is 0.486 e. The summed E-state index contributed by atoms with van der Waals surface area (Å²) in [4.78, 5) is 22.1. The number of benzene rings is 2. The predicted molar refractivity (Wildman–Crippen MR) is 129 cm³/mol.